The van der Waals surface area contributed by atoms with Crippen LogP contribution in [0.5, 0.6) is 0 Å². The average molecular weight is 370 g/mol. The zero-order chi connectivity index (χ0) is 19.4. The summed E-state index contributed by atoms with van der Waals surface area (Å²) >= 11 is 0. The molecule has 27 heavy (non-hydrogen) atoms. The lowest BCUT2D eigenvalue weighted by Gasteiger charge is -2.38. The van der Waals surface area contributed by atoms with Crippen molar-refractivity contribution in [2.45, 2.75) is 32.4 Å². The Bertz CT molecular complexity index is 831. The number of rotatable bonds is 6. The number of likely N-dealkylation sites (N-methyl/N-ethyl adjacent to an activating group) is 1. The highest BCUT2D eigenvalue weighted by Crippen LogP contribution is 2.26. The fourth-order valence-corrected chi connectivity index (χ4v) is 3.36. The normalized spacial score (nSPS) is 15.9. The van der Waals surface area contributed by atoms with E-state index in [4.69, 9.17) is 9.52 Å². The van der Waals surface area contributed by atoms with Crippen LogP contribution in [0.25, 0.3) is 0 Å². The van der Waals surface area contributed by atoms with Crippen molar-refractivity contribution in [2.24, 2.45) is 0 Å². The molecule has 142 valence electrons. The molecule has 7 heteroatoms. The Morgan fingerprint density at radius 1 is 1.19 bits per heavy atom. The second-order valence-corrected chi connectivity index (χ2v) is 6.46. The summed E-state index contributed by atoms with van der Waals surface area (Å²) in [6.07, 6.45) is 1.69. The minimum Gasteiger partial charge on any atom is -0.481 e. The summed E-state index contributed by atoms with van der Waals surface area (Å²) in [4.78, 5) is 40.0. The number of nitrogens with zero attached hydrogens (tertiary/aromatic N) is 2. The summed E-state index contributed by atoms with van der Waals surface area (Å²) in [5, 5.41) is 8.93. The van der Waals surface area contributed by atoms with Crippen molar-refractivity contribution >= 4 is 17.8 Å². The molecule has 1 atom stereocenters. The zero-order valence-electron chi connectivity index (χ0n) is 15.1. The molecule has 2 heterocycles. The molecule has 0 fully saturated rings. The predicted molar refractivity (Wildman–Crippen MR) is 97.0 cm³/mol. The smallest absolute Gasteiger partial charge is 0.305 e. The maximum Gasteiger partial charge on any atom is 0.305 e. The molecule has 0 aliphatic carbocycles. The molecule has 7 nitrogen and oxygen atoms in total. The summed E-state index contributed by atoms with van der Waals surface area (Å²) in [6.45, 7) is 2.61. The number of benzene rings is 1. The van der Waals surface area contributed by atoms with Gasteiger partial charge in [0.2, 0.25) is 5.91 Å². The number of fused-ring (bicyclic) bond motifs is 1. The van der Waals surface area contributed by atoms with Crippen molar-refractivity contribution in [1.82, 2.24) is 9.80 Å². The number of hydrogen-bond donors (Lipinski definition) is 1. The number of carboxylic acids is 1. The Morgan fingerprint density at radius 3 is 2.56 bits per heavy atom. The number of aliphatic carboxylic acids is 1. The Hall–Kier alpha value is -3.09. The summed E-state index contributed by atoms with van der Waals surface area (Å²) in [7, 11) is 0. The van der Waals surface area contributed by atoms with E-state index < -0.39 is 12.0 Å². The maximum absolute atomic E-state index is 13.1. The molecule has 2 aromatic rings. The number of amides is 2. The summed E-state index contributed by atoms with van der Waals surface area (Å²) in [6, 6.07) is 10.2. The van der Waals surface area contributed by atoms with E-state index in [0.29, 0.717) is 19.5 Å². The third-order valence-corrected chi connectivity index (χ3v) is 4.82. The predicted octanol–water partition coefficient (Wildman–Crippen LogP) is 2.17. The second kappa shape index (κ2) is 8.07. The molecule has 0 radical (unpaired) electrons. The Kier molecular flexibility index (Phi) is 5.59. The van der Waals surface area contributed by atoms with Gasteiger partial charge in [0.05, 0.1) is 12.7 Å². The van der Waals surface area contributed by atoms with Crippen LogP contribution < -0.4 is 0 Å². The van der Waals surface area contributed by atoms with Crippen molar-refractivity contribution in [1.29, 1.82) is 0 Å². The molecular formula is C20H22N2O5. The van der Waals surface area contributed by atoms with Crippen LogP contribution in [0.1, 0.15) is 35.0 Å². The van der Waals surface area contributed by atoms with E-state index in [2.05, 4.69) is 0 Å². The van der Waals surface area contributed by atoms with Gasteiger partial charge >= 0.3 is 5.97 Å². The van der Waals surface area contributed by atoms with Crippen LogP contribution in [0.2, 0.25) is 0 Å². The lowest BCUT2D eigenvalue weighted by atomic mass is 9.92. The highest BCUT2D eigenvalue weighted by molar-refractivity contribution is 5.96. The molecule has 1 aromatic heterocycles. The van der Waals surface area contributed by atoms with Gasteiger partial charge in [0.15, 0.2) is 5.76 Å². The topological polar surface area (TPSA) is 91.1 Å². The van der Waals surface area contributed by atoms with Gasteiger partial charge in [0, 0.05) is 26.1 Å². The zero-order valence-corrected chi connectivity index (χ0v) is 15.1. The number of carboxylic acid groups (broad SMARTS) is 1. The van der Waals surface area contributed by atoms with Crippen LogP contribution in [-0.4, -0.2) is 51.8 Å². The van der Waals surface area contributed by atoms with E-state index >= 15 is 0 Å². The van der Waals surface area contributed by atoms with Crippen molar-refractivity contribution in [3.05, 3.63) is 59.5 Å². The lowest BCUT2D eigenvalue weighted by Crippen LogP contribution is -2.53. The molecule has 1 N–H and O–H groups in total. The first-order valence-electron chi connectivity index (χ1n) is 8.93. The van der Waals surface area contributed by atoms with Gasteiger partial charge < -0.3 is 19.3 Å². The van der Waals surface area contributed by atoms with Crippen molar-refractivity contribution in [2.75, 3.05) is 13.1 Å². The third-order valence-electron chi connectivity index (χ3n) is 4.82. The summed E-state index contributed by atoms with van der Waals surface area (Å²) in [5.74, 6) is -1.37. The van der Waals surface area contributed by atoms with Crippen molar-refractivity contribution in [3.63, 3.8) is 0 Å². The first-order chi connectivity index (χ1) is 13.0. The van der Waals surface area contributed by atoms with Crippen LogP contribution in [0.15, 0.2) is 47.1 Å². The van der Waals surface area contributed by atoms with Crippen LogP contribution in [-0.2, 0) is 22.6 Å². The van der Waals surface area contributed by atoms with E-state index in [1.807, 2.05) is 24.3 Å². The van der Waals surface area contributed by atoms with Crippen LogP contribution in [0, 0.1) is 0 Å². The fourth-order valence-electron chi connectivity index (χ4n) is 3.36. The molecule has 0 bridgehead atoms. The van der Waals surface area contributed by atoms with E-state index in [1.165, 1.54) is 16.1 Å². The molecule has 0 spiro atoms. The van der Waals surface area contributed by atoms with Gasteiger partial charge in [-0.1, -0.05) is 24.3 Å². The number of furan rings is 1. The molecule has 0 saturated carbocycles. The standard InChI is InChI=1S/C20H22N2O5/c1-2-21(10-9-18(23)24)19(25)16-12-14-6-3-4-7-15(14)13-22(16)20(26)17-8-5-11-27-17/h3-8,11,16H,2,9-10,12-13H2,1H3,(H,23,24). The van der Waals surface area contributed by atoms with E-state index in [1.54, 1.807) is 19.1 Å². The summed E-state index contributed by atoms with van der Waals surface area (Å²) < 4.78 is 5.24. The highest BCUT2D eigenvalue weighted by atomic mass is 16.4. The largest absolute Gasteiger partial charge is 0.481 e. The molecule has 1 aromatic carbocycles. The molecule has 0 saturated heterocycles. The quantitative estimate of drug-likeness (QED) is 0.841. The Morgan fingerprint density at radius 2 is 1.93 bits per heavy atom. The first-order valence-corrected chi connectivity index (χ1v) is 8.93. The number of carbonyl (C=O) groups excluding carboxylic acids is 2. The SMILES string of the molecule is CCN(CCC(=O)O)C(=O)C1Cc2ccccc2CN1C(=O)c1ccco1. The molecule has 1 aliphatic heterocycles. The minimum absolute atomic E-state index is 0.117. The third kappa shape index (κ3) is 4.02. The van der Waals surface area contributed by atoms with Gasteiger partial charge in [0.25, 0.3) is 5.91 Å². The average Bonchev–Trinajstić information content (AvgIpc) is 3.21. The monoisotopic (exact) mass is 370 g/mol. The van der Waals surface area contributed by atoms with Gasteiger partial charge in [-0.15, -0.1) is 0 Å². The molecular weight excluding hydrogens is 348 g/mol. The van der Waals surface area contributed by atoms with Crippen molar-refractivity contribution in [3.8, 4) is 0 Å². The fraction of sp³-hybridized carbons (Fsp3) is 0.350. The van der Waals surface area contributed by atoms with Crippen molar-refractivity contribution < 1.29 is 23.9 Å². The summed E-state index contributed by atoms with van der Waals surface area (Å²) in [5.41, 5.74) is 2.02. The number of carbonyl (C=O) groups is 3. The van der Waals surface area contributed by atoms with Gasteiger partial charge in [-0.3, -0.25) is 14.4 Å². The van der Waals surface area contributed by atoms with Gasteiger partial charge in [-0.05, 0) is 30.2 Å². The molecule has 2 amide bonds. The minimum atomic E-state index is -0.959. The van der Waals surface area contributed by atoms with Gasteiger partial charge in [-0.2, -0.15) is 0 Å². The van der Waals surface area contributed by atoms with Crippen LogP contribution in [0.3, 0.4) is 0 Å². The molecule has 1 unspecified atom stereocenters. The van der Waals surface area contributed by atoms with Crippen LogP contribution in [0.4, 0.5) is 0 Å². The Balaban J connectivity index is 1.89. The van der Waals surface area contributed by atoms with Gasteiger partial charge in [0.1, 0.15) is 6.04 Å². The second-order valence-electron chi connectivity index (χ2n) is 6.46. The molecule has 1 aliphatic rings. The Labute approximate surface area is 157 Å². The highest BCUT2D eigenvalue weighted by Gasteiger charge is 2.37. The first kappa shape index (κ1) is 18.7. The van der Waals surface area contributed by atoms with Crippen LogP contribution >= 0.6 is 0 Å². The van der Waals surface area contributed by atoms with Gasteiger partial charge in [-0.25, -0.2) is 0 Å². The molecule has 3 rings (SSSR count). The lowest BCUT2D eigenvalue weighted by molar-refractivity contribution is -0.140. The van der Waals surface area contributed by atoms with E-state index in [-0.39, 0.29) is 30.5 Å². The maximum atomic E-state index is 13.1. The van der Waals surface area contributed by atoms with E-state index in [9.17, 15) is 14.4 Å². The number of hydrogen-bond acceptors (Lipinski definition) is 4. The van der Waals surface area contributed by atoms with E-state index in [0.717, 1.165) is 11.1 Å².